The molecule has 224 valence electrons. The number of rotatable bonds is 8. The molecule has 0 bridgehead atoms. The molecule has 1 heterocycles. The van der Waals surface area contributed by atoms with E-state index in [4.69, 9.17) is 22.1 Å². The number of methoxy groups -OCH3 is 1. The molecule has 0 aliphatic carbocycles. The zero-order chi connectivity index (χ0) is 31.0. The number of aliphatic imine (C=N–C) groups is 1. The predicted molar refractivity (Wildman–Crippen MR) is 140 cm³/mol. The van der Waals surface area contributed by atoms with Gasteiger partial charge in [0, 0.05) is 41.3 Å². The molecule has 1 aliphatic heterocycles. The van der Waals surface area contributed by atoms with E-state index in [1.807, 2.05) is 0 Å². The molecule has 15 heteroatoms. The summed E-state index contributed by atoms with van der Waals surface area (Å²) in [5.41, 5.74) is 6.70. The maximum Gasteiger partial charge on any atom is 0.389 e. The first-order valence-corrected chi connectivity index (χ1v) is 12.5. The molecule has 2 atom stereocenters. The van der Waals surface area contributed by atoms with Gasteiger partial charge in [0.25, 0.3) is 5.91 Å². The molecule has 8 nitrogen and oxygen atoms in total. The van der Waals surface area contributed by atoms with Gasteiger partial charge in [-0.15, -0.1) is 0 Å². The number of hydrogen-bond acceptors (Lipinski definition) is 5. The smallest absolute Gasteiger partial charge is 0.389 e. The number of benzene rings is 2. The molecule has 0 fully saturated rings. The molecule has 4 N–H and O–H groups in total. The van der Waals surface area contributed by atoms with Gasteiger partial charge >= 0.3 is 12.4 Å². The molecule has 3 rings (SSSR count). The average molecular weight is 609 g/mol. The predicted octanol–water partition coefficient (Wildman–Crippen LogP) is 5.37. The Morgan fingerprint density at radius 3 is 2.29 bits per heavy atom. The van der Waals surface area contributed by atoms with Gasteiger partial charge in [0.2, 0.25) is 18.0 Å². The number of benzodiazepines with no additional fused rings is 1. The quantitative estimate of drug-likeness (QED) is 0.349. The van der Waals surface area contributed by atoms with Gasteiger partial charge in [0.1, 0.15) is 5.75 Å². The number of nitrogens with zero attached hydrogens (tertiary/aromatic N) is 1. The highest BCUT2D eigenvalue weighted by Crippen LogP contribution is 2.33. The lowest BCUT2D eigenvalue weighted by Gasteiger charge is -2.19. The number of primary amides is 1. The number of para-hydroxylation sites is 1. The molecule has 2 unspecified atom stereocenters. The lowest BCUT2D eigenvalue weighted by atomic mass is 9.97. The minimum absolute atomic E-state index is 0.284. The van der Waals surface area contributed by atoms with E-state index in [0.29, 0.717) is 27.6 Å². The van der Waals surface area contributed by atoms with Crippen molar-refractivity contribution in [2.24, 2.45) is 16.6 Å². The van der Waals surface area contributed by atoms with E-state index in [-0.39, 0.29) is 5.71 Å². The van der Waals surface area contributed by atoms with Gasteiger partial charge < -0.3 is 21.1 Å². The third-order valence-corrected chi connectivity index (χ3v) is 5.86. The summed E-state index contributed by atoms with van der Waals surface area (Å²) in [7, 11) is 1.41. The zero-order valence-electron chi connectivity index (χ0n) is 21.8. The summed E-state index contributed by atoms with van der Waals surface area (Å²) in [5, 5.41) is 5.40. The van der Waals surface area contributed by atoms with E-state index in [1.54, 1.807) is 42.5 Å². The number of carbonyl (C=O) groups excluding carboxylic acids is 3. The van der Waals surface area contributed by atoms with E-state index >= 15 is 0 Å². The number of amides is 3. The van der Waals surface area contributed by atoms with Gasteiger partial charge in [0.05, 0.1) is 18.5 Å². The molecule has 0 spiro atoms. The Morgan fingerprint density at radius 1 is 1.12 bits per heavy atom. The summed E-state index contributed by atoms with van der Waals surface area (Å²) < 4.78 is 75.9. The fourth-order valence-corrected chi connectivity index (χ4v) is 3.79. The molecule has 0 radical (unpaired) electrons. The normalized spacial score (nSPS) is 15.7. The van der Waals surface area contributed by atoms with Crippen LogP contribution in [0.3, 0.4) is 0 Å². The standard InChI is InChI=1S/C23H22ClF3N4O4.C3H5F3/c1-35-16-7-3-6-15-18(12-4-2-5-14(24)10-12)29-20(22(34)30-19(15)16)31-21(33)13(11-17(28)32)8-9-23(25,26)27;1-2-3(4,5)6/h2-7,10,13,20H,8-9,11H2,1H3,(H2,28,32)(H,30,34)(H,31,33);2H2,1H3. The highest BCUT2D eigenvalue weighted by Gasteiger charge is 2.34. The molecule has 2 aromatic carbocycles. The van der Waals surface area contributed by atoms with Crippen LogP contribution in [0, 0.1) is 5.92 Å². The van der Waals surface area contributed by atoms with Crippen molar-refractivity contribution in [2.45, 2.75) is 51.1 Å². The maximum absolute atomic E-state index is 13.0. The Bertz CT molecular complexity index is 1280. The SMILES string of the molecule is CCC(F)(F)F.COc1cccc2c1NC(=O)C(NC(=O)C(CCC(F)(F)F)CC(N)=O)N=C2c1cccc(Cl)c1. The Kier molecular flexibility index (Phi) is 11.6. The van der Waals surface area contributed by atoms with Crippen LogP contribution in [-0.4, -0.2) is 49.1 Å². The highest BCUT2D eigenvalue weighted by atomic mass is 35.5. The average Bonchev–Trinajstić information content (AvgIpc) is 3.01. The van der Waals surface area contributed by atoms with Crippen molar-refractivity contribution in [3.63, 3.8) is 0 Å². The van der Waals surface area contributed by atoms with Crippen molar-refractivity contribution in [3.05, 3.63) is 58.6 Å². The number of ether oxygens (including phenoxy) is 1. The maximum atomic E-state index is 13.0. The summed E-state index contributed by atoms with van der Waals surface area (Å²) in [6.45, 7) is 1.08. The summed E-state index contributed by atoms with van der Waals surface area (Å²) in [6.07, 6.45) is -13.3. The molecule has 3 amide bonds. The molecule has 0 saturated carbocycles. The number of hydrogen-bond donors (Lipinski definition) is 3. The topological polar surface area (TPSA) is 123 Å². The van der Waals surface area contributed by atoms with Crippen LogP contribution in [0.15, 0.2) is 47.5 Å². The van der Waals surface area contributed by atoms with Crippen molar-refractivity contribution >= 4 is 40.7 Å². The first-order valence-electron chi connectivity index (χ1n) is 12.1. The Balaban J connectivity index is 0.000000883. The second-order valence-electron chi connectivity index (χ2n) is 8.76. The Labute approximate surface area is 236 Å². The van der Waals surface area contributed by atoms with Gasteiger partial charge in [-0.3, -0.25) is 14.4 Å². The molecular weight excluding hydrogens is 582 g/mol. The van der Waals surface area contributed by atoms with Crippen LogP contribution in [0.5, 0.6) is 5.75 Å². The fraction of sp³-hybridized carbons (Fsp3) is 0.385. The van der Waals surface area contributed by atoms with Crippen molar-refractivity contribution in [1.29, 1.82) is 0 Å². The number of alkyl halides is 6. The molecular formula is C26H27ClF6N4O4. The zero-order valence-corrected chi connectivity index (χ0v) is 22.6. The van der Waals surface area contributed by atoms with Gasteiger partial charge in [-0.25, -0.2) is 4.99 Å². The highest BCUT2D eigenvalue weighted by molar-refractivity contribution is 6.31. The van der Waals surface area contributed by atoms with Gasteiger partial charge in [-0.05, 0) is 24.6 Å². The first-order chi connectivity index (χ1) is 19.0. The second kappa shape index (κ2) is 14.2. The molecule has 0 aromatic heterocycles. The summed E-state index contributed by atoms with van der Waals surface area (Å²) in [5.74, 6) is -3.73. The van der Waals surface area contributed by atoms with Crippen LogP contribution in [0.4, 0.5) is 32.0 Å². The summed E-state index contributed by atoms with van der Waals surface area (Å²) in [6, 6.07) is 11.6. The lowest BCUT2D eigenvalue weighted by molar-refractivity contribution is -0.143. The van der Waals surface area contributed by atoms with Crippen LogP contribution in [0.25, 0.3) is 0 Å². The molecule has 41 heavy (non-hydrogen) atoms. The van der Waals surface area contributed by atoms with Crippen LogP contribution >= 0.6 is 11.6 Å². The number of fused-ring (bicyclic) bond motifs is 1. The Morgan fingerprint density at radius 2 is 1.76 bits per heavy atom. The van der Waals surface area contributed by atoms with E-state index in [9.17, 15) is 40.7 Å². The number of halogens is 7. The van der Waals surface area contributed by atoms with E-state index < -0.39 is 67.8 Å². The molecule has 0 saturated heterocycles. The summed E-state index contributed by atoms with van der Waals surface area (Å²) >= 11 is 6.13. The van der Waals surface area contributed by atoms with Crippen LogP contribution in [0.2, 0.25) is 5.02 Å². The number of nitrogens with two attached hydrogens (primary N) is 1. The van der Waals surface area contributed by atoms with Gasteiger partial charge in [-0.2, -0.15) is 26.3 Å². The van der Waals surface area contributed by atoms with Gasteiger partial charge in [0.15, 0.2) is 0 Å². The van der Waals surface area contributed by atoms with Crippen molar-refractivity contribution in [3.8, 4) is 5.75 Å². The Hall–Kier alpha value is -3.81. The molecule has 1 aliphatic rings. The van der Waals surface area contributed by atoms with Gasteiger partial charge in [-0.1, -0.05) is 42.8 Å². The minimum atomic E-state index is -4.54. The third-order valence-electron chi connectivity index (χ3n) is 5.63. The van der Waals surface area contributed by atoms with Crippen LogP contribution < -0.4 is 21.1 Å². The van der Waals surface area contributed by atoms with E-state index in [2.05, 4.69) is 15.6 Å². The largest absolute Gasteiger partial charge is 0.495 e. The summed E-state index contributed by atoms with van der Waals surface area (Å²) in [4.78, 5) is 41.6. The van der Waals surface area contributed by atoms with Crippen LogP contribution in [0.1, 0.15) is 43.7 Å². The first kappa shape index (κ1) is 33.4. The van der Waals surface area contributed by atoms with Crippen molar-refractivity contribution in [1.82, 2.24) is 5.32 Å². The second-order valence-corrected chi connectivity index (χ2v) is 9.20. The number of carbonyl (C=O) groups is 3. The fourth-order valence-electron chi connectivity index (χ4n) is 3.60. The van der Waals surface area contributed by atoms with Crippen LogP contribution in [-0.2, 0) is 14.4 Å². The minimum Gasteiger partial charge on any atom is -0.495 e. The lowest BCUT2D eigenvalue weighted by Crippen LogP contribution is -2.45. The van der Waals surface area contributed by atoms with Crippen molar-refractivity contribution in [2.75, 3.05) is 12.4 Å². The van der Waals surface area contributed by atoms with E-state index in [0.717, 1.165) is 6.92 Å². The number of nitrogens with one attached hydrogen (secondary N) is 2. The monoisotopic (exact) mass is 608 g/mol. The van der Waals surface area contributed by atoms with E-state index in [1.165, 1.54) is 7.11 Å². The number of anilines is 1. The van der Waals surface area contributed by atoms with Crippen molar-refractivity contribution < 1.29 is 45.5 Å². The molecule has 2 aromatic rings. The third kappa shape index (κ3) is 10.6.